The van der Waals surface area contributed by atoms with E-state index in [1.165, 1.54) is 16.7 Å². The first-order valence-electron chi connectivity index (χ1n) is 6.13. The van der Waals surface area contributed by atoms with Crippen molar-refractivity contribution in [3.63, 3.8) is 0 Å². The van der Waals surface area contributed by atoms with Gasteiger partial charge < -0.3 is 5.32 Å². The second-order valence-electron chi connectivity index (χ2n) is 4.26. The zero-order chi connectivity index (χ0) is 13.0. The molecule has 0 saturated heterocycles. The van der Waals surface area contributed by atoms with Gasteiger partial charge in [0.25, 0.3) is 0 Å². The van der Waals surface area contributed by atoms with Crippen LogP contribution in [0.3, 0.4) is 0 Å². The average molecular weight is 305 g/mol. The van der Waals surface area contributed by atoms with Gasteiger partial charge in [-0.3, -0.25) is 4.98 Å². The predicted molar refractivity (Wildman–Crippen MR) is 79.5 cm³/mol. The van der Waals surface area contributed by atoms with E-state index in [0.717, 1.165) is 23.3 Å². The molecule has 94 valence electrons. The molecule has 0 fully saturated rings. The topological polar surface area (TPSA) is 24.9 Å². The maximum Gasteiger partial charge on any atom is 0.0735 e. The van der Waals surface area contributed by atoms with Crippen molar-refractivity contribution in [2.45, 2.75) is 20.4 Å². The van der Waals surface area contributed by atoms with E-state index in [1.54, 1.807) is 0 Å². The number of benzene rings is 1. The highest BCUT2D eigenvalue weighted by Gasteiger charge is 2.08. The average Bonchev–Trinajstić information content (AvgIpc) is 2.37. The fourth-order valence-electron chi connectivity index (χ4n) is 1.99. The van der Waals surface area contributed by atoms with Crippen LogP contribution in [0.25, 0.3) is 11.3 Å². The fourth-order valence-corrected chi connectivity index (χ4v) is 2.43. The van der Waals surface area contributed by atoms with Gasteiger partial charge in [-0.05, 0) is 46.6 Å². The molecule has 3 heteroatoms. The van der Waals surface area contributed by atoms with Crippen LogP contribution in [0.15, 0.2) is 41.0 Å². The smallest absolute Gasteiger partial charge is 0.0735 e. The van der Waals surface area contributed by atoms with Gasteiger partial charge >= 0.3 is 0 Å². The molecule has 1 aromatic heterocycles. The van der Waals surface area contributed by atoms with Crippen molar-refractivity contribution in [3.8, 4) is 11.3 Å². The summed E-state index contributed by atoms with van der Waals surface area (Å²) >= 11 is 3.45. The Morgan fingerprint density at radius 2 is 2.06 bits per heavy atom. The molecule has 0 amide bonds. The number of pyridine rings is 1. The molecule has 0 atom stereocenters. The Hall–Kier alpha value is -1.19. The minimum absolute atomic E-state index is 0.879. The molecule has 0 aliphatic rings. The summed E-state index contributed by atoms with van der Waals surface area (Å²) in [5.74, 6) is 0. The Bertz CT molecular complexity index is 538. The lowest BCUT2D eigenvalue weighted by Crippen LogP contribution is -2.12. The minimum atomic E-state index is 0.879. The molecule has 2 rings (SSSR count). The highest BCUT2D eigenvalue weighted by atomic mass is 79.9. The molecule has 2 aromatic rings. The number of halogens is 1. The zero-order valence-electron chi connectivity index (χ0n) is 10.7. The molecule has 1 N–H and O–H groups in total. The number of rotatable bonds is 4. The maximum absolute atomic E-state index is 4.54. The quantitative estimate of drug-likeness (QED) is 0.926. The monoisotopic (exact) mass is 304 g/mol. The number of aryl methyl sites for hydroxylation is 1. The van der Waals surface area contributed by atoms with Crippen LogP contribution in [0.1, 0.15) is 18.1 Å². The van der Waals surface area contributed by atoms with Crippen molar-refractivity contribution >= 4 is 15.9 Å². The maximum atomic E-state index is 4.54. The Morgan fingerprint density at radius 1 is 1.28 bits per heavy atom. The van der Waals surface area contributed by atoms with E-state index < -0.39 is 0 Å². The van der Waals surface area contributed by atoms with Gasteiger partial charge in [0, 0.05) is 22.8 Å². The number of nitrogens with zero attached hydrogens (tertiary/aromatic N) is 1. The van der Waals surface area contributed by atoms with Crippen molar-refractivity contribution in [2.24, 2.45) is 0 Å². The first-order chi connectivity index (χ1) is 8.72. The third-order valence-corrected chi connectivity index (χ3v) is 3.32. The highest BCUT2D eigenvalue weighted by molar-refractivity contribution is 9.10. The summed E-state index contributed by atoms with van der Waals surface area (Å²) in [7, 11) is 0. The van der Waals surface area contributed by atoms with Crippen molar-refractivity contribution < 1.29 is 0 Å². The molecule has 0 aliphatic heterocycles. The summed E-state index contributed by atoms with van der Waals surface area (Å²) in [4.78, 5) is 4.54. The van der Waals surface area contributed by atoms with Gasteiger partial charge in [0.1, 0.15) is 0 Å². The largest absolute Gasteiger partial charge is 0.313 e. The van der Waals surface area contributed by atoms with E-state index in [1.807, 2.05) is 6.20 Å². The Labute approximate surface area is 117 Å². The summed E-state index contributed by atoms with van der Waals surface area (Å²) in [6.07, 6.45) is 1.85. The van der Waals surface area contributed by atoms with Gasteiger partial charge in [0.2, 0.25) is 0 Å². The summed E-state index contributed by atoms with van der Waals surface area (Å²) in [6, 6.07) is 10.5. The first-order valence-corrected chi connectivity index (χ1v) is 6.92. The van der Waals surface area contributed by atoms with E-state index in [0.29, 0.717) is 0 Å². The summed E-state index contributed by atoms with van der Waals surface area (Å²) in [5, 5.41) is 3.37. The molecular weight excluding hydrogens is 288 g/mol. The second kappa shape index (κ2) is 6.12. The summed E-state index contributed by atoms with van der Waals surface area (Å²) in [5.41, 5.74) is 4.75. The molecular formula is C15H17BrN2. The Balaban J connectivity index is 2.43. The van der Waals surface area contributed by atoms with Crippen LogP contribution in [-0.4, -0.2) is 11.5 Å². The van der Waals surface area contributed by atoms with E-state index >= 15 is 0 Å². The molecule has 0 radical (unpaired) electrons. The van der Waals surface area contributed by atoms with Crippen LogP contribution in [-0.2, 0) is 6.54 Å². The van der Waals surface area contributed by atoms with Crippen LogP contribution < -0.4 is 5.32 Å². The molecule has 18 heavy (non-hydrogen) atoms. The van der Waals surface area contributed by atoms with Gasteiger partial charge in [-0.1, -0.05) is 31.2 Å². The molecule has 1 aromatic carbocycles. The van der Waals surface area contributed by atoms with E-state index in [4.69, 9.17) is 0 Å². The van der Waals surface area contributed by atoms with E-state index in [2.05, 4.69) is 70.4 Å². The lowest BCUT2D eigenvalue weighted by Gasteiger charge is -2.11. The summed E-state index contributed by atoms with van der Waals surface area (Å²) in [6.45, 7) is 6.06. The molecule has 0 aliphatic carbocycles. The predicted octanol–water partition coefficient (Wildman–Crippen LogP) is 3.93. The number of nitrogens with one attached hydrogen (secondary N) is 1. The molecule has 1 heterocycles. The van der Waals surface area contributed by atoms with Gasteiger partial charge in [0.15, 0.2) is 0 Å². The molecule has 0 saturated carbocycles. The normalized spacial score (nSPS) is 10.6. The molecule has 0 unspecified atom stereocenters. The van der Waals surface area contributed by atoms with Crippen LogP contribution >= 0.6 is 15.9 Å². The molecule has 2 nitrogen and oxygen atoms in total. The third-order valence-electron chi connectivity index (χ3n) is 2.88. The van der Waals surface area contributed by atoms with Crippen LogP contribution in [0.5, 0.6) is 0 Å². The van der Waals surface area contributed by atoms with Crippen LogP contribution in [0.4, 0.5) is 0 Å². The standard InChI is InChI=1S/C15H17BrN2/c1-3-17-9-12-6-4-5-7-14(12)15-11(2)8-13(16)10-18-15/h4-8,10,17H,3,9H2,1-2H3. The second-order valence-corrected chi connectivity index (χ2v) is 5.17. The van der Waals surface area contributed by atoms with Gasteiger partial charge in [-0.2, -0.15) is 0 Å². The van der Waals surface area contributed by atoms with E-state index in [9.17, 15) is 0 Å². The van der Waals surface area contributed by atoms with Crippen molar-refractivity contribution in [1.82, 2.24) is 10.3 Å². The lowest BCUT2D eigenvalue weighted by molar-refractivity contribution is 0.727. The fraction of sp³-hybridized carbons (Fsp3) is 0.267. The first kappa shape index (κ1) is 13.2. The Morgan fingerprint density at radius 3 is 2.78 bits per heavy atom. The van der Waals surface area contributed by atoms with Gasteiger partial charge in [-0.25, -0.2) is 0 Å². The minimum Gasteiger partial charge on any atom is -0.313 e. The van der Waals surface area contributed by atoms with Gasteiger partial charge in [0.05, 0.1) is 5.69 Å². The van der Waals surface area contributed by atoms with Crippen molar-refractivity contribution in [2.75, 3.05) is 6.54 Å². The van der Waals surface area contributed by atoms with E-state index in [-0.39, 0.29) is 0 Å². The van der Waals surface area contributed by atoms with Crippen LogP contribution in [0, 0.1) is 6.92 Å². The van der Waals surface area contributed by atoms with Crippen LogP contribution in [0.2, 0.25) is 0 Å². The zero-order valence-corrected chi connectivity index (χ0v) is 12.3. The lowest BCUT2D eigenvalue weighted by atomic mass is 10.0. The summed E-state index contributed by atoms with van der Waals surface area (Å²) < 4.78 is 1.02. The number of hydrogen-bond donors (Lipinski definition) is 1. The van der Waals surface area contributed by atoms with Crippen molar-refractivity contribution in [3.05, 3.63) is 52.1 Å². The Kier molecular flexibility index (Phi) is 4.50. The SMILES string of the molecule is CCNCc1ccccc1-c1ncc(Br)cc1C. The molecule has 0 bridgehead atoms. The number of hydrogen-bond acceptors (Lipinski definition) is 2. The highest BCUT2D eigenvalue weighted by Crippen LogP contribution is 2.26. The van der Waals surface area contributed by atoms with Gasteiger partial charge in [-0.15, -0.1) is 0 Å². The van der Waals surface area contributed by atoms with Crippen molar-refractivity contribution in [1.29, 1.82) is 0 Å². The number of aromatic nitrogens is 1. The molecule has 0 spiro atoms. The third kappa shape index (κ3) is 2.98.